The van der Waals surface area contributed by atoms with Crippen molar-refractivity contribution in [1.29, 1.82) is 0 Å². The van der Waals surface area contributed by atoms with Crippen molar-refractivity contribution < 1.29 is 9.47 Å². The van der Waals surface area contributed by atoms with Crippen LogP contribution in [0.15, 0.2) is 36.8 Å². The molecule has 0 unspecified atom stereocenters. The van der Waals surface area contributed by atoms with Crippen molar-refractivity contribution in [1.82, 2.24) is 15.7 Å². The Hall–Kier alpha value is -2.30. The van der Waals surface area contributed by atoms with Crippen LogP contribution in [-0.2, 0) is 0 Å². The third kappa shape index (κ3) is 2.20. The van der Waals surface area contributed by atoms with Crippen LogP contribution in [0.1, 0.15) is 0 Å². The number of nitrogens with one attached hydrogen (secondary N) is 1. The molecule has 0 saturated carbocycles. The smallest absolute Gasteiger partial charge is 0.237 e. The summed E-state index contributed by atoms with van der Waals surface area (Å²) in [5.41, 5.74) is 7.85. The molecule has 0 saturated heterocycles. The summed E-state index contributed by atoms with van der Waals surface area (Å²) in [6, 6.07) is 4.92. The fourth-order valence-corrected chi connectivity index (χ4v) is 1.19. The Kier molecular flexibility index (Phi) is 2.86. The maximum atomic E-state index is 7.54. The Morgan fingerprint density at radius 3 is 2.81 bits per heavy atom. The minimum absolute atomic E-state index is 0.314. The molecule has 1 aromatic carbocycles. The molecule has 0 amide bonds. The number of hydrogen-bond acceptors (Lipinski definition) is 4. The molecule has 0 atom stereocenters. The Balaban J connectivity index is 2.22. The number of nitrogens with zero attached hydrogens (tertiary/aromatic N) is 2. The SMILES string of the molecule is COc1cc(Oc2cnccn2)ccc1[NH]. The van der Waals surface area contributed by atoms with Crippen molar-refractivity contribution in [3.8, 4) is 17.4 Å². The van der Waals surface area contributed by atoms with Crippen molar-refractivity contribution >= 4 is 5.69 Å². The number of hydrogen-bond donors (Lipinski definition) is 0. The van der Waals surface area contributed by atoms with Crippen LogP contribution >= 0.6 is 0 Å². The van der Waals surface area contributed by atoms with E-state index in [0.717, 1.165) is 0 Å². The lowest BCUT2D eigenvalue weighted by Crippen LogP contribution is -1.90. The van der Waals surface area contributed by atoms with Crippen LogP contribution in [0.2, 0.25) is 0 Å². The maximum absolute atomic E-state index is 7.54. The Bertz CT molecular complexity index is 474. The van der Waals surface area contributed by atoms with E-state index in [9.17, 15) is 0 Å². The second-order valence-corrected chi connectivity index (χ2v) is 3.01. The lowest BCUT2D eigenvalue weighted by Gasteiger charge is -2.07. The number of ether oxygens (including phenoxy) is 2. The summed E-state index contributed by atoms with van der Waals surface area (Å²) in [7, 11) is 1.51. The predicted octanol–water partition coefficient (Wildman–Crippen LogP) is 2.19. The molecule has 1 radical (unpaired) electrons. The maximum Gasteiger partial charge on any atom is 0.237 e. The Labute approximate surface area is 92.9 Å². The molecule has 1 aromatic heterocycles. The molecule has 2 aromatic rings. The largest absolute Gasteiger partial charge is 0.494 e. The fourth-order valence-electron chi connectivity index (χ4n) is 1.19. The van der Waals surface area contributed by atoms with Gasteiger partial charge in [0.15, 0.2) is 0 Å². The molecule has 5 heteroatoms. The van der Waals surface area contributed by atoms with Crippen molar-refractivity contribution in [3.05, 3.63) is 36.8 Å². The van der Waals surface area contributed by atoms with Crippen molar-refractivity contribution in [2.45, 2.75) is 0 Å². The average Bonchev–Trinajstić information content (AvgIpc) is 2.33. The number of rotatable bonds is 3. The molecule has 5 nitrogen and oxygen atoms in total. The Morgan fingerprint density at radius 1 is 1.25 bits per heavy atom. The molecule has 81 valence electrons. The molecule has 0 aliphatic carbocycles. The summed E-state index contributed by atoms with van der Waals surface area (Å²) in [6.45, 7) is 0. The molecule has 16 heavy (non-hydrogen) atoms. The van der Waals surface area contributed by atoms with Crippen LogP contribution in [0.25, 0.3) is 0 Å². The minimum atomic E-state index is 0.314. The monoisotopic (exact) mass is 216 g/mol. The van der Waals surface area contributed by atoms with Crippen LogP contribution in [0.3, 0.4) is 0 Å². The summed E-state index contributed by atoms with van der Waals surface area (Å²) in [6.07, 6.45) is 4.63. The van der Waals surface area contributed by atoms with Gasteiger partial charge in [-0.25, -0.2) is 4.98 Å². The first-order valence-corrected chi connectivity index (χ1v) is 4.63. The van der Waals surface area contributed by atoms with E-state index < -0.39 is 0 Å². The zero-order valence-corrected chi connectivity index (χ0v) is 8.68. The highest BCUT2D eigenvalue weighted by Crippen LogP contribution is 2.29. The molecule has 1 heterocycles. The van der Waals surface area contributed by atoms with Crippen molar-refractivity contribution in [2.75, 3.05) is 7.11 Å². The minimum Gasteiger partial charge on any atom is -0.494 e. The van der Waals surface area contributed by atoms with Crippen LogP contribution in [0, 0.1) is 0 Å². The van der Waals surface area contributed by atoms with E-state index in [2.05, 4.69) is 9.97 Å². The summed E-state index contributed by atoms with van der Waals surface area (Å²) in [5.74, 6) is 1.43. The zero-order valence-electron chi connectivity index (χ0n) is 8.68. The molecular weight excluding hydrogens is 206 g/mol. The van der Waals surface area contributed by atoms with Gasteiger partial charge in [-0.1, -0.05) is 0 Å². The first-order valence-electron chi connectivity index (χ1n) is 4.63. The molecular formula is C11H10N3O2. The fraction of sp³-hybridized carbons (Fsp3) is 0.0909. The summed E-state index contributed by atoms with van der Waals surface area (Å²) in [5, 5.41) is 0. The normalized spacial score (nSPS) is 9.81. The van der Waals surface area contributed by atoms with Gasteiger partial charge >= 0.3 is 0 Å². The highest BCUT2D eigenvalue weighted by Gasteiger charge is 2.03. The van der Waals surface area contributed by atoms with Gasteiger partial charge in [-0.3, -0.25) is 10.7 Å². The lowest BCUT2D eigenvalue weighted by molar-refractivity contribution is 0.408. The standard InChI is InChI=1S/C11H10N3O2/c1-15-10-6-8(2-3-9(10)12)16-11-7-13-4-5-14-11/h2-7,12H,1H3. The van der Waals surface area contributed by atoms with Gasteiger partial charge in [-0.05, 0) is 12.1 Å². The van der Waals surface area contributed by atoms with Gasteiger partial charge in [-0.2, -0.15) is 0 Å². The van der Waals surface area contributed by atoms with Crippen LogP contribution in [0.5, 0.6) is 17.4 Å². The third-order valence-corrected chi connectivity index (χ3v) is 1.93. The topological polar surface area (TPSA) is 68.0 Å². The summed E-state index contributed by atoms with van der Waals surface area (Å²) < 4.78 is 10.5. The summed E-state index contributed by atoms with van der Waals surface area (Å²) in [4.78, 5) is 7.86. The van der Waals surface area contributed by atoms with E-state index in [1.807, 2.05) is 0 Å². The van der Waals surface area contributed by atoms with Gasteiger partial charge in [0.2, 0.25) is 5.88 Å². The van der Waals surface area contributed by atoms with Crippen molar-refractivity contribution in [2.24, 2.45) is 0 Å². The Morgan fingerprint density at radius 2 is 2.12 bits per heavy atom. The van der Waals surface area contributed by atoms with Gasteiger partial charge in [0, 0.05) is 18.5 Å². The van der Waals surface area contributed by atoms with E-state index in [4.69, 9.17) is 15.2 Å². The zero-order chi connectivity index (χ0) is 11.4. The molecule has 0 spiro atoms. The van der Waals surface area contributed by atoms with Crippen molar-refractivity contribution in [3.63, 3.8) is 0 Å². The highest BCUT2D eigenvalue weighted by molar-refractivity contribution is 5.53. The quantitative estimate of drug-likeness (QED) is 0.788. The first kappa shape index (κ1) is 10.2. The van der Waals surface area contributed by atoms with E-state index in [1.54, 1.807) is 30.6 Å². The van der Waals surface area contributed by atoms with Crippen LogP contribution in [-0.4, -0.2) is 17.1 Å². The van der Waals surface area contributed by atoms with Crippen LogP contribution in [0.4, 0.5) is 5.69 Å². The van der Waals surface area contributed by atoms with Crippen LogP contribution < -0.4 is 15.2 Å². The van der Waals surface area contributed by atoms with E-state index >= 15 is 0 Å². The van der Waals surface area contributed by atoms with Gasteiger partial charge in [0.25, 0.3) is 0 Å². The number of benzene rings is 1. The third-order valence-electron chi connectivity index (χ3n) is 1.93. The van der Waals surface area contributed by atoms with Gasteiger partial charge in [0.05, 0.1) is 19.0 Å². The molecule has 0 aliphatic rings. The van der Waals surface area contributed by atoms with Gasteiger partial charge in [0.1, 0.15) is 11.5 Å². The highest BCUT2D eigenvalue weighted by atomic mass is 16.5. The lowest BCUT2D eigenvalue weighted by atomic mass is 10.3. The summed E-state index contributed by atoms with van der Waals surface area (Å²) >= 11 is 0. The molecule has 0 aliphatic heterocycles. The second kappa shape index (κ2) is 4.48. The molecule has 0 fully saturated rings. The van der Waals surface area contributed by atoms with Gasteiger partial charge in [-0.15, -0.1) is 0 Å². The average molecular weight is 216 g/mol. The molecule has 1 N–H and O–H groups in total. The first-order chi connectivity index (χ1) is 7.79. The van der Waals surface area contributed by atoms with E-state index in [0.29, 0.717) is 23.1 Å². The molecule has 2 rings (SSSR count). The van der Waals surface area contributed by atoms with Gasteiger partial charge < -0.3 is 9.47 Å². The number of methoxy groups -OCH3 is 1. The van der Waals surface area contributed by atoms with E-state index in [-0.39, 0.29) is 0 Å². The second-order valence-electron chi connectivity index (χ2n) is 3.01. The predicted molar refractivity (Wildman–Crippen MR) is 57.9 cm³/mol. The number of aromatic nitrogens is 2. The van der Waals surface area contributed by atoms with E-state index in [1.165, 1.54) is 13.3 Å². The molecule has 0 bridgehead atoms.